The molecule has 0 bridgehead atoms. The van der Waals surface area contributed by atoms with E-state index < -0.39 is 4.84 Å². The molecule has 0 nitrogen and oxygen atoms in total. The van der Waals surface area contributed by atoms with Crippen molar-refractivity contribution in [1.82, 2.24) is 0 Å². The maximum atomic E-state index is 5.57. The Balaban J connectivity index is 0.000000224. The topological polar surface area (TPSA) is 0 Å². The first-order valence-electron chi connectivity index (χ1n) is 9.31. The SMILES string of the molecule is BrC(c1ccccc1)(c1ccccc1)c1ccccc1.ClC(Cl)c1ccccc1. The molecule has 0 N–H and O–H groups in total. The molecule has 0 amide bonds. The molecule has 0 aliphatic heterocycles. The molecule has 4 aromatic carbocycles. The van der Waals surface area contributed by atoms with Crippen molar-refractivity contribution in [3.63, 3.8) is 0 Å². The van der Waals surface area contributed by atoms with E-state index >= 15 is 0 Å². The van der Waals surface area contributed by atoms with Crippen LogP contribution in [0.5, 0.6) is 0 Å². The zero-order chi connectivity index (χ0) is 20.5. The van der Waals surface area contributed by atoms with Gasteiger partial charge in [-0.25, -0.2) is 0 Å². The summed E-state index contributed by atoms with van der Waals surface area (Å²) in [4.78, 5) is -0.397. The third-order valence-electron chi connectivity index (χ3n) is 4.57. The predicted octanol–water partition coefficient (Wildman–Crippen LogP) is 8.54. The summed E-state index contributed by atoms with van der Waals surface area (Å²) in [6.45, 7) is 0. The number of alkyl halides is 3. The van der Waals surface area contributed by atoms with E-state index in [1.54, 1.807) is 0 Å². The van der Waals surface area contributed by atoms with Gasteiger partial charge in [-0.05, 0) is 22.3 Å². The molecule has 0 spiro atoms. The van der Waals surface area contributed by atoms with Gasteiger partial charge in [-0.1, -0.05) is 137 Å². The standard InChI is InChI=1S/C19H15Br.C7H6Cl2/c20-19(16-10-4-1-5-11-16,17-12-6-2-7-13-17)18-14-8-3-9-15-18;8-7(9)6-4-2-1-3-5-6/h1-15H;1-5,7H. The smallest absolute Gasteiger partial charge is 0.100 e. The number of halogens is 3. The molecule has 4 rings (SSSR count). The van der Waals surface area contributed by atoms with Crippen molar-refractivity contribution in [2.45, 2.75) is 9.16 Å². The van der Waals surface area contributed by atoms with Crippen LogP contribution in [0.25, 0.3) is 0 Å². The number of benzene rings is 4. The Hall–Kier alpha value is -2.06. The summed E-state index contributed by atoms with van der Waals surface area (Å²) < 4.78 is -0.309. The maximum absolute atomic E-state index is 5.57. The lowest BCUT2D eigenvalue weighted by molar-refractivity contribution is 0.917. The van der Waals surface area contributed by atoms with Crippen LogP contribution in [0.4, 0.5) is 0 Å². The van der Waals surface area contributed by atoms with Crippen molar-refractivity contribution in [3.8, 4) is 0 Å². The minimum atomic E-state index is -0.397. The normalized spacial score (nSPS) is 10.9. The average molecular weight is 484 g/mol. The second-order valence-corrected chi connectivity index (χ2v) is 8.75. The van der Waals surface area contributed by atoms with Gasteiger partial charge >= 0.3 is 0 Å². The van der Waals surface area contributed by atoms with E-state index in [-0.39, 0.29) is 4.32 Å². The van der Waals surface area contributed by atoms with E-state index in [1.807, 2.05) is 48.5 Å². The molecule has 0 unspecified atom stereocenters. The Morgan fingerprint density at radius 1 is 0.483 bits per heavy atom. The largest absolute Gasteiger partial charge is 0.132 e. The maximum Gasteiger partial charge on any atom is 0.132 e. The molecule has 4 aromatic rings. The van der Waals surface area contributed by atoms with Gasteiger partial charge in [0.15, 0.2) is 0 Å². The van der Waals surface area contributed by atoms with Crippen LogP contribution in [-0.4, -0.2) is 0 Å². The Labute approximate surface area is 191 Å². The molecular weight excluding hydrogens is 463 g/mol. The van der Waals surface area contributed by atoms with E-state index in [0.29, 0.717) is 0 Å². The monoisotopic (exact) mass is 482 g/mol. The quantitative estimate of drug-likeness (QED) is 0.201. The van der Waals surface area contributed by atoms with Crippen molar-refractivity contribution in [1.29, 1.82) is 0 Å². The lowest BCUT2D eigenvalue weighted by Crippen LogP contribution is -2.21. The molecule has 0 fully saturated rings. The fraction of sp³-hybridized carbons (Fsp3) is 0.0769. The highest BCUT2D eigenvalue weighted by Crippen LogP contribution is 2.44. The first kappa shape index (κ1) is 21.6. The van der Waals surface area contributed by atoms with Gasteiger partial charge in [0.1, 0.15) is 9.16 Å². The fourth-order valence-corrected chi connectivity index (χ4v) is 4.19. The minimum absolute atomic E-state index is 0.309. The molecule has 29 heavy (non-hydrogen) atoms. The van der Waals surface area contributed by atoms with Gasteiger partial charge in [0.05, 0.1) is 0 Å². The molecule has 0 saturated heterocycles. The first-order valence-corrected chi connectivity index (χ1v) is 11.0. The summed E-state index contributed by atoms with van der Waals surface area (Å²) in [5, 5.41) is 0. The molecule has 0 aromatic heterocycles. The van der Waals surface area contributed by atoms with E-state index in [9.17, 15) is 0 Å². The van der Waals surface area contributed by atoms with Gasteiger partial charge in [-0.3, -0.25) is 0 Å². The molecule has 0 aliphatic rings. The van der Waals surface area contributed by atoms with Crippen molar-refractivity contribution >= 4 is 39.1 Å². The summed E-state index contributed by atoms with van der Waals surface area (Å²) >= 11 is 15.1. The molecule has 0 aliphatic carbocycles. The van der Waals surface area contributed by atoms with Crippen molar-refractivity contribution < 1.29 is 0 Å². The first-order chi connectivity index (χ1) is 14.1. The Kier molecular flexibility index (Phi) is 7.94. The lowest BCUT2D eigenvalue weighted by atomic mass is 9.85. The number of hydrogen-bond donors (Lipinski definition) is 0. The molecule has 3 heteroatoms. The van der Waals surface area contributed by atoms with Gasteiger partial charge in [-0.15, -0.1) is 23.2 Å². The van der Waals surface area contributed by atoms with E-state index in [4.69, 9.17) is 23.2 Å². The van der Waals surface area contributed by atoms with Crippen LogP contribution < -0.4 is 0 Å². The van der Waals surface area contributed by atoms with Crippen molar-refractivity contribution in [2.75, 3.05) is 0 Å². The van der Waals surface area contributed by atoms with Gasteiger partial charge in [-0.2, -0.15) is 0 Å². The summed E-state index contributed by atoms with van der Waals surface area (Å²) in [7, 11) is 0. The zero-order valence-corrected chi connectivity index (χ0v) is 18.9. The summed E-state index contributed by atoms with van der Waals surface area (Å²) in [5.41, 5.74) is 4.65. The zero-order valence-electron chi connectivity index (χ0n) is 15.8. The number of rotatable bonds is 4. The third kappa shape index (κ3) is 5.51. The summed E-state index contributed by atoms with van der Waals surface area (Å²) in [6, 6.07) is 41.1. The highest BCUT2D eigenvalue weighted by atomic mass is 79.9. The summed E-state index contributed by atoms with van der Waals surface area (Å²) in [5.74, 6) is 0. The molecule has 0 heterocycles. The van der Waals surface area contributed by atoms with E-state index in [1.165, 1.54) is 16.7 Å². The van der Waals surface area contributed by atoms with Crippen molar-refractivity contribution in [3.05, 3.63) is 144 Å². The van der Waals surface area contributed by atoms with Crippen LogP contribution in [0.2, 0.25) is 0 Å². The van der Waals surface area contributed by atoms with E-state index in [0.717, 1.165) is 5.56 Å². The van der Waals surface area contributed by atoms with Crippen LogP contribution in [0.15, 0.2) is 121 Å². The van der Waals surface area contributed by atoms with Crippen LogP contribution in [0, 0.1) is 0 Å². The molecule has 0 radical (unpaired) electrons. The second-order valence-electron chi connectivity index (χ2n) is 6.47. The molecular formula is C26H21BrCl2. The summed E-state index contributed by atoms with van der Waals surface area (Å²) in [6.07, 6.45) is 0. The highest BCUT2D eigenvalue weighted by Gasteiger charge is 2.32. The average Bonchev–Trinajstić information content (AvgIpc) is 2.81. The Bertz CT molecular complexity index is 875. The van der Waals surface area contributed by atoms with Crippen molar-refractivity contribution in [2.24, 2.45) is 0 Å². The van der Waals surface area contributed by atoms with Crippen LogP contribution in [0.1, 0.15) is 27.1 Å². The number of hydrogen-bond acceptors (Lipinski definition) is 0. The van der Waals surface area contributed by atoms with Gasteiger partial charge in [0, 0.05) is 0 Å². The van der Waals surface area contributed by atoms with Gasteiger partial charge in [0.2, 0.25) is 0 Å². The van der Waals surface area contributed by atoms with Crippen LogP contribution in [0.3, 0.4) is 0 Å². The van der Waals surface area contributed by atoms with E-state index in [2.05, 4.69) is 88.7 Å². The minimum Gasteiger partial charge on any atom is -0.100 e. The van der Waals surface area contributed by atoms with Crippen LogP contribution in [-0.2, 0) is 4.32 Å². The molecule has 0 atom stereocenters. The van der Waals surface area contributed by atoms with Gasteiger partial charge < -0.3 is 0 Å². The van der Waals surface area contributed by atoms with Gasteiger partial charge in [0.25, 0.3) is 0 Å². The molecule has 146 valence electrons. The molecule has 0 saturated carbocycles. The van der Waals surface area contributed by atoms with Crippen LogP contribution >= 0.6 is 39.1 Å². The highest BCUT2D eigenvalue weighted by molar-refractivity contribution is 9.10. The second kappa shape index (κ2) is 10.6. The third-order valence-corrected chi connectivity index (χ3v) is 6.44. The fourth-order valence-electron chi connectivity index (χ4n) is 3.10. The lowest BCUT2D eigenvalue weighted by Gasteiger charge is -2.29. The Morgan fingerprint density at radius 2 is 0.759 bits per heavy atom. The Morgan fingerprint density at radius 3 is 1.00 bits per heavy atom. The predicted molar refractivity (Wildman–Crippen MR) is 129 cm³/mol.